The van der Waals surface area contributed by atoms with Gasteiger partial charge in [-0.3, -0.25) is 0 Å². The van der Waals surface area contributed by atoms with Crippen molar-refractivity contribution in [3.63, 3.8) is 0 Å². The third-order valence-electron chi connectivity index (χ3n) is 3.13. The monoisotopic (exact) mass is 459 g/mol. The summed E-state index contributed by atoms with van der Waals surface area (Å²) in [6.07, 6.45) is 5.48. The van der Waals surface area contributed by atoms with E-state index in [1.807, 2.05) is 0 Å². The molecule has 0 aromatic heterocycles. The molecule has 0 aromatic rings. The van der Waals surface area contributed by atoms with Gasteiger partial charge >= 0.3 is 157 Å². The fourth-order valence-corrected chi connectivity index (χ4v) is 8.80. The van der Waals surface area contributed by atoms with Crippen molar-refractivity contribution in [3.8, 4) is 0 Å². The molecule has 0 aliphatic rings. The van der Waals surface area contributed by atoms with Crippen LogP contribution >= 0.6 is 0 Å². The van der Waals surface area contributed by atoms with E-state index in [9.17, 15) is 14.4 Å². The molecular weight excluding hydrogens is 431 g/mol. The Balaban J connectivity index is 4.37. The Bertz CT molecular complexity index is 394. The third kappa shape index (κ3) is 14.5. The Morgan fingerprint density at radius 3 is 1.16 bits per heavy atom. The first-order valence-corrected chi connectivity index (χ1v) is 14.2. The van der Waals surface area contributed by atoms with E-state index in [1.165, 1.54) is 18.2 Å². The van der Waals surface area contributed by atoms with Crippen molar-refractivity contribution in [1.29, 1.82) is 0 Å². The summed E-state index contributed by atoms with van der Waals surface area (Å²) in [5, 5.41) is 0. The summed E-state index contributed by atoms with van der Waals surface area (Å²) in [5.41, 5.74) is 0. The summed E-state index contributed by atoms with van der Waals surface area (Å²) < 4.78 is 17.1. The van der Waals surface area contributed by atoms with Crippen LogP contribution < -0.4 is 0 Å². The zero-order valence-corrected chi connectivity index (χ0v) is 17.5. The maximum atomic E-state index is 11.6. The molecule has 0 unspecified atom stereocenters. The second kappa shape index (κ2) is 15.9. The number of esters is 3. The fourth-order valence-electron chi connectivity index (χ4n) is 1.88. The Labute approximate surface area is 156 Å². The van der Waals surface area contributed by atoms with Crippen LogP contribution in [0.5, 0.6) is 0 Å². The van der Waals surface area contributed by atoms with Gasteiger partial charge in [0.15, 0.2) is 0 Å². The van der Waals surface area contributed by atoms with Gasteiger partial charge in [-0.1, -0.05) is 0 Å². The van der Waals surface area contributed by atoms with Crippen LogP contribution in [0, 0.1) is 0 Å². The molecule has 6 nitrogen and oxygen atoms in total. The summed E-state index contributed by atoms with van der Waals surface area (Å²) in [4.78, 5) is 34.9. The minimum absolute atomic E-state index is 0.194. The van der Waals surface area contributed by atoms with E-state index in [4.69, 9.17) is 14.2 Å². The van der Waals surface area contributed by atoms with Crippen LogP contribution in [0.3, 0.4) is 0 Å². The van der Waals surface area contributed by atoms with Gasteiger partial charge in [-0.15, -0.1) is 0 Å². The van der Waals surface area contributed by atoms with Crippen LogP contribution in [0.25, 0.3) is 0 Å². The SMILES string of the molecule is C=CCOC(=O)C[CH2][Sn+]([CH2]CC(=O)OCC=C)[CH2]CC(=O)OCC=C. The molecule has 0 N–H and O–H groups in total. The number of hydrogen-bond donors (Lipinski definition) is 0. The van der Waals surface area contributed by atoms with Crippen molar-refractivity contribution in [1.82, 2.24) is 0 Å². The predicted molar refractivity (Wildman–Crippen MR) is 97.5 cm³/mol. The first-order chi connectivity index (χ1) is 12.0. The van der Waals surface area contributed by atoms with E-state index in [1.54, 1.807) is 0 Å². The molecule has 0 bridgehead atoms. The normalized spacial score (nSPS) is 9.60. The van der Waals surface area contributed by atoms with Gasteiger partial charge in [0.1, 0.15) is 0 Å². The second-order valence-corrected chi connectivity index (χ2v) is 13.7. The molecule has 0 spiro atoms. The molecule has 0 atom stereocenters. The molecule has 0 rings (SSSR count). The molecule has 7 heteroatoms. The fraction of sp³-hybridized carbons (Fsp3) is 0.500. The van der Waals surface area contributed by atoms with Crippen LogP contribution in [-0.4, -0.2) is 57.5 Å². The van der Waals surface area contributed by atoms with Crippen molar-refractivity contribution in [3.05, 3.63) is 38.0 Å². The molecule has 0 fully saturated rings. The molecule has 0 saturated heterocycles. The molecule has 0 aromatic carbocycles. The van der Waals surface area contributed by atoms with E-state index < -0.39 is 19.8 Å². The van der Waals surface area contributed by atoms with Crippen molar-refractivity contribution < 1.29 is 28.6 Å². The molecule has 0 heterocycles. The molecule has 0 radical (unpaired) electrons. The van der Waals surface area contributed by atoms with E-state index in [0.29, 0.717) is 19.3 Å². The van der Waals surface area contributed by atoms with Crippen LogP contribution in [0.1, 0.15) is 19.3 Å². The van der Waals surface area contributed by atoms with Crippen LogP contribution in [0.4, 0.5) is 0 Å². The van der Waals surface area contributed by atoms with Gasteiger partial charge in [-0.25, -0.2) is 0 Å². The molecule has 0 aliphatic carbocycles. The van der Waals surface area contributed by atoms with E-state index in [-0.39, 0.29) is 37.7 Å². The number of rotatable bonds is 15. The zero-order valence-electron chi connectivity index (χ0n) is 14.7. The minimum atomic E-state index is -2.11. The van der Waals surface area contributed by atoms with Crippen molar-refractivity contribution in [2.24, 2.45) is 0 Å². The predicted octanol–water partition coefficient (Wildman–Crippen LogP) is 2.84. The van der Waals surface area contributed by atoms with Crippen molar-refractivity contribution in [2.75, 3.05) is 19.8 Å². The second-order valence-electron chi connectivity index (χ2n) is 5.17. The summed E-state index contributed by atoms with van der Waals surface area (Å²) >= 11 is -2.11. The quantitative estimate of drug-likeness (QED) is 0.163. The van der Waals surface area contributed by atoms with Gasteiger partial charge < -0.3 is 0 Å². The van der Waals surface area contributed by atoms with Gasteiger partial charge in [0, 0.05) is 0 Å². The molecule has 0 amide bonds. The average molecular weight is 458 g/mol. The molecule has 138 valence electrons. The van der Waals surface area contributed by atoms with Gasteiger partial charge in [-0.05, 0) is 0 Å². The van der Waals surface area contributed by atoms with Gasteiger partial charge in [0.2, 0.25) is 0 Å². The summed E-state index contributed by atoms with van der Waals surface area (Å²) in [6.45, 7) is 11.1. The number of carbonyl (C=O) groups excluding carboxylic acids is 3. The summed E-state index contributed by atoms with van der Waals surface area (Å²) in [7, 11) is 0. The Morgan fingerprint density at radius 1 is 0.640 bits per heavy atom. The Kier molecular flexibility index (Phi) is 14.9. The van der Waals surface area contributed by atoms with Gasteiger partial charge in [0.25, 0.3) is 0 Å². The van der Waals surface area contributed by atoms with Crippen molar-refractivity contribution >= 4 is 37.7 Å². The first kappa shape index (κ1) is 23.4. The van der Waals surface area contributed by atoms with Crippen LogP contribution in [0.2, 0.25) is 13.3 Å². The summed E-state index contributed by atoms with van der Waals surface area (Å²) in [5.74, 6) is -0.829. The number of ether oxygens (including phenoxy) is 3. The van der Waals surface area contributed by atoms with E-state index in [0.717, 1.165) is 13.3 Å². The number of carbonyl (C=O) groups is 3. The first-order valence-electron chi connectivity index (χ1n) is 8.16. The number of hydrogen-bond acceptors (Lipinski definition) is 6. The average Bonchev–Trinajstić information content (AvgIpc) is 2.61. The maximum absolute atomic E-state index is 11.6. The van der Waals surface area contributed by atoms with Gasteiger partial charge in [0.05, 0.1) is 0 Å². The van der Waals surface area contributed by atoms with Gasteiger partial charge in [-0.2, -0.15) is 0 Å². The molecule has 0 saturated carbocycles. The topological polar surface area (TPSA) is 78.9 Å². The molecule has 0 aliphatic heterocycles. The molecule has 25 heavy (non-hydrogen) atoms. The zero-order chi connectivity index (χ0) is 18.9. The van der Waals surface area contributed by atoms with E-state index in [2.05, 4.69) is 19.7 Å². The third-order valence-corrected chi connectivity index (χ3v) is 11.3. The Morgan fingerprint density at radius 2 is 0.920 bits per heavy atom. The van der Waals surface area contributed by atoms with Crippen molar-refractivity contribution in [2.45, 2.75) is 32.6 Å². The standard InChI is InChI=1S/3C6H9O2.Sn/c3*1-3-5-8-6(7)4-2;/h3*3H,1-2,4-5H2;/q;;;+1. The summed E-state index contributed by atoms with van der Waals surface area (Å²) in [6, 6.07) is 0. The molecular formula is C18H27O6Sn+. The van der Waals surface area contributed by atoms with Crippen LogP contribution in [0.15, 0.2) is 38.0 Å². The van der Waals surface area contributed by atoms with E-state index >= 15 is 0 Å². The Hall–Kier alpha value is -1.57. The van der Waals surface area contributed by atoms with Crippen LogP contribution in [-0.2, 0) is 28.6 Å².